The molecule has 1 aliphatic rings. The van der Waals surface area contributed by atoms with E-state index in [0.29, 0.717) is 11.1 Å². The van der Waals surface area contributed by atoms with E-state index in [4.69, 9.17) is 9.47 Å². The summed E-state index contributed by atoms with van der Waals surface area (Å²) in [4.78, 5) is 11.9. The molecule has 0 spiro atoms. The molecular formula is C18H19F3O3Si. The number of hydrogen-bond acceptors (Lipinski definition) is 3. The van der Waals surface area contributed by atoms with Gasteiger partial charge in [0.15, 0.2) is 0 Å². The molecule has 0 radical (unpaired) electrons. The minimum atomic E-state index is -4.74. The maximum atomic E-state index is 13.4. The number of esters is 1. The number of fused-ring (bicyclic) bond motifs is 1. The first-order chi connectivity index (χ1) is 11.5. The highest BCUT2D eigenvalue weighted by molar-refractivity contribution is 6.83. The molecule has 0 aliphatic carbocycles. The Morgan fingerprint density at radius 3 is 2.56 bits per heavy atom. The summed E-state index contributed by atoms with van der Waals surface area (Å²) >= 11 is 0. The molecule has 7 heteroatoms. The zero-order chi connectivity index (χ0) is 18.8. The Morgan fingerprint density at radius 2 is 2.00 bits per heavy atom. The molecule has 1 atom stereocenters. The van der Waals surface area contributed by atoms with E-state index in [9.17, 15) is 18.0 Å². The van der Waals surface area contributed by atoms with E-state index in [1.54, 1.807) is 18.2 Å². The predicted molar refractivity (Wildman–Crippen MR) is 91.7 cm³/mol. The summed E-state index contributed by atoms with van der Waals surface area (Å²) in [6.07, 6.45) is -5.93. The van der Waals surface area contributed by atoms with Crippen molar-refractivity contribution in [1.29, 1.82) is 0 Å². The standard InChI is InChI=1S/C18H19F3O3Si/c1-5-23-17(22)14-11-13-8-6-7-12(9-10-25(2,3)4)15(13)24-16(14)18(19,20)21/h6-8,11,16H,5H2,1-4H3. The molecule has 0 saturated heterocycles. The Labute approximate surface area is 145 Å². The van der Waals surface area contributed by atoms with Crippen LogP contribution in [0.2, 0.25) is 19.6 Å². The van der Waals surface area contributed by atoms with Crippen LogP contribution >= 0.6 is 0 Å². The topological polar surface area (TPSA) is 35.5 Å². The first-order valence-electron chi connectivity index (χ1n) is 7.81. The van der Waals surface area contributed by atoms with Gasteiger partial charge in [0, 0.05) is 5.56 Å². The number of para-hydroxylation sites is 1. The zero-order valence-corrected chi connectivity index (χ0v) is 15.5. The highest BCUT2D eigenvalue weighted by Gasteiger charge is 2.49. The molecule has 0 N–H and O–H groups in total. The molecule has 134 valence electrons. The lowest BCUT2D eigenvalue weighted by molar-refractivity contribution is -0.187. The Kier molecular flexibility index (Phi) is 5.33. The normalized spacial score (nSPS) is 16.8. The number of ether oxygens (including phenoxy) is 2. The van der Waals surface area contributed by atoms with Crippen LogP contribution in [-0.2, 0) is 9.53 Å². The SMILES string of the molecule is CCOC(=O)C1=Cc2cccc(C#C[Si](C)(C)C)c2OC1C(F)(F)F. The van der Waals surface area contributed by atoms with Crippen LogP contribution in [-0.4, -0.2) is 32.9 Å². The molecular weight excluding hydrogens is 349 g/mol. The lowest BCUT2D eigenvalue weighted by Crippen LogP contribution is -2.41. The van der Waals surface area contributed by atoms with E-state index in [1.165, 1.54) is 13.0 Å². The van der Waals surface area contributed by atoms with Crippen molar-refractivity contribution in [2.75, 3.05) is 6.61 Å². The number of alkyl halides is 3. The van der Waals surface area contributed by atoms with Gasteiger partial charge < -0.3 is 9.47 Å². The molecule has 0 amide bonds. The highest BCUT2D eigenvalue weighted by atomic mass is 28.3. The maximum absolute atomic E-state index is 13.4. The van der Waals surface area contributed by atoms with Gasteiger partial charge >= 0.3 is 12.1 Å². The van der Waals surface area contributed by atoms with Gasteiger partial charge in [-0.3, -0.25) is 0 Å². The smallest absolute Gasteiger partial charge is 0.430 e. The van der Waals surface area contributed by atoms with Gasteiger partial charge in [0.25, 0.3) is 0 Å². The Hall–Kier alpha value is -2.20. The van der Waals surface area contributed by atoms with Gasteiger partial charge in [0.05, 0.1) is 17.7 Å². The lowest BCUT2D eigenvalue weighted by atomic mass is 9.99. The molecule has 1 aromatic rings. The van der Waals surface area contributed by atoms with Gasteiger partial charge in [0.2, 0.25) is 6.10 Å². The fourth-order valence-corrected chi connectivity index (χ4v) is 2.71. The number of carbonyl (C=O) groups excluding carboxylic acids is 1. The quantitative estimate of drug-likeness (QED) is 0.446. The molecule has 0 fully saturated rings. The fraction of sp³-hybridized carbons (Fsp3) is 0.389. The van der Waals surface area contributed by atoms with Gasteiger partial charge in [-0.05, 0) is 19.1 Å². The number of rotatable bonds is 2. The van der Waals surface area contributed by atoms with Crippen molar-refractivity contribution in [3.8, 4) is 17.2 Å². The molecule has 25 heavy (non-hydrogen) atoms. The second-order valence-electron chi connectivity index (χ2n) is 6.58. The molecule has 1 unspecified atom stereocenters. The van der Waals surface area contributed by atoms with Crippen LogP contribution in [0, 0.1) is 11.5 Å². The van der Waals surface area contributed by atoms with Crippen molar-refractivity contribution in [1.82, 2.24) is 0 Å². The Morgan fingerprint density at radius 1 is 1.32 bits per heavy atom. The highest BCUT2D eigenvalue weighted by Crippen LogP contribution is 2.39. The summed E-state index contributed by atoms with van der Waals surface area (Å²) in [5.41, 5.74) is 3.32. The van der Waals surface area contributed by atoms with Crippen LogP contribution in [0.25, 0.3) is 6.08 Å². The average molecular weight is 368 g/mol. The van der Waals surface area contributed by atoms with Gasteiger partial charge in [-0.15, -0.1) is 5.54 Å². The third-order valence-electron chi connectivity index (χ3n) is 3.26. The van der Waals surface area contributed by atoms with E-state index in [0.717, 1.165) is 0 Å². The van der Waals surface area contributed by atoms with Crippen LogP contribution in [0.1, 0.15) is 18.1 Å². The Bertz CT molecular complexity index is 764. The first kappa shape index (κ1) is 19.1. The molecule has 3 nitrogen and oxygen atoms in total. The second-order valence-corrected chi connectivity index (χ2v) is 11.3. The van der Waals surface area contributed by atoms with E-state index in [-0.39, 0.29) is 12.4 Å². The summed E-state index contributed by atoms with van der Waals surface area (Å²) in [7, 11) is -1.71. The molecule has 0 aromatic heterocycles. The maximum Gasteiger partial charge on any atom is 0.430 e. The summed E-state index contributed by atoms with van der Waals surface area (Å²) in [5, 5.41) is 0. The van der Waals surface area contributed by atoms with Crippen LogP contribution < -0.4 is 4.74 Å². The Balaban J connectivity index is 2.56. The minimum Gasteiger partial charge on any atom is -0.474 e. The number of halogens is 3. The molecule has 2 rings (SSSR count). The summed E-state index contributed by atoms with van der Waals surface area (Å²) in [6.45, 7) is 7.62. The van der Waals surface area contributed by atoms with Crippen molar-refractivity contribution in [3.63, 3.8) is 0 Å². The van der Waals surface area contributed by atoms with Gasteiger partial charge in [-0.25, -0.2) is 4.79 Å². The van der Waals surface area contributed by atoms with Crippen molar-refractivity contribution in [3.05, 3.63) is 34.9 Å². The molecule has 1 heterocycles. The predicted octanol–water partition coefficient (Wildman–Crippen LogP) is 4.19. The molecule has 0 saturated carbocycles. The van der Waals surface area contributed by atoms with Crippen LogP contribution in [0.4, 0.5) is 13.2 Å². The zero-order valence-electron chi connectivity index (χ0n) is 14.5. The molecule has 1 aromatic carbocycles. The first-order valence-corrected chi connectivity index (χ1v) is 11.3. The van der Waals surface area contributed by atoms with Crippen molar-refractivity contribution < 1.29 is 27.4 Å². The lowest BCUT2D eigenvalue weighted by Gasteiger charge is -2.28. The van der Waals surface area contributed by atoms with E-state index >= 15 is 0 Å². The van der Waals surface area contributed by atoms with Crippen molar-refractivity contribution >= 4 is 20.1 Å². The molecule has 0 bridgehead atoms. The van der Waals surface area contributed by atoms with Crippen molar-refractivity contribution in [2.24, 2.45) is 0 Å². The number of carbonyl (C=O) groups is 1. The van der Waals surface area contributed by atoms with Gasteiger partial charge in [-0.2, -0.15) is 13.2 Å². The summed E-state index contributed by atoms with van der Waals surface area (Å²) < 4.78 is 50.1. The van der Waals surface area contributed by atoms with Crippen LogP contribution in [0.15, 0.2) is 23.8 Å². The molecule has 1 aliphatic heterocycles. The third-order valence-corrected chi connectivity index (χ3v) is 4.13. The minimum absolute atomic E-state index is 0.0185. The van der Waals surface area contributed by atoms with E-state index in [1.807, 2.05) is 19.6 Å². The average Bonchev–Trinajstić information content (AvgIpc) is 2.50. The second kappa shape index (κ2) is 6.96. The van der Waals surface area contributed by atoms with E-state index in [2.05, 4.69) is 11.5 Å². The van der Waals surface area contributed by atoms with Crippen LogP contribution in [0.5, 0.6) is 5.75 Å². The van der Waals surface area contributed by atoms with E-state index < -0.39 is 31.9 Å². The monoisotopic (exact) mass is 368 g/mol. The fourth-order valence-electron chi connectivity index (χ4n) is 2.20. The van der Waals surface area contributed by atoms with Crippen molar-refractivity contribution in [2.45, 2.75) is 38.8 Å². The van der Waals surface area contributed by atoms with Gasteiger partial charge in [-0.1, -0.05) is 37.7 Å². The third kappa shape index (κ3) is 4.66. The number of hydrogen-bond donors (Lipinski definition) is 0. The number of benzene rings is 1. The summed E-state index contributed by atoms with van der Waals surface area (Å²) in [5.74, 6) is 1.94. The summed E-state index contributed by atoms with van der Waals surface area (Å²) in [6, 6.07) is 4.87. The largest absolute Gasteiger partial charge is 0.474 e. The van der Waals surface area contributed by atoms with Crippen LogP contribution in [0.3, 0.4) is 0 Å². The van der Waals surface area contributed by atoms with Gasteiger partial charge in [0.1, 0.15) is 13.8 Å².